The average Bonchev–Trinajstić information content (AvgIpc) is 2.91. The fourth-order valence-corrected chi connectivity index (χ4v) is 3.04. The van der Waals surface area contributed by atoms with Crippen molar-refractivity contribution in [2.24, 2.45) is 5.14 Å². The van der Waals surface area contributed by atoms with Gasteiger partial charge >= 0.3 is 0 Å². The molecule has 8 heteroatoms. The van der Waals surface area contributed by atoms with Gasteiger partial charge in [-0.2, -0.15) is 0 Å². The highest BCUT2D eigenvalue weighted by molar-refractivity contribution is 7.89. The lowest BCUT2D eigenvalue weighted by Crippen LogP contribution is -2.32. The van der Waals surface area contributed by atoms with Crippen molar-refractivity contribution in [2.75, 3.05) is 19.6 Å². The van der Waals surface area contributed by atoms with E-state index in [1.807, 2.05) is 6.92 Å². The summed E-state index contributed by atoms with van der Waals surface area (Å²) in [5, 5.41) is 11.2. The van der Waals surface area contributed by atoms with Gasteiger partial charge in [0.1, 0.15) is 10.6 Å². The summed E-state index contributed by atoms with van der Waals surface area (Å²) in [7, 11) is -3.81. The molecule has 1 aliphatic heterocycles. The number of nitrogens with zero attached hydrogens (tertiary/aromatic N) is 1. The van der Waals surface area contributed by atoms with Gasteiger partial charge in [-0.05, 0) is 38.4 Å². The standard InChI is InChI=1S/C13H22N4O3S/c1-2-5-16-13(18)12-8-11(21(14,19)20)9-17(12)10-3-6-15-7-4-10/h8-10,15H,2-7H2,1H3,(H,16,18)(H2,14,19,20). The molecule has 118 valence electrons. The zero-order valence-electron chi connectivity index (χ0n) is 12.1. The largest absolute Gasteiger partial charge is 0.351 e. The first kappa shape index (κ1) is 16.0. The topological polar surface area (TPSA) is 106 Å². The van der Waals surface area contributed by atoms with Crippen LogP contribution in [0.2, 0.25) is 0 Å². The molecule has 0 aromatic carbocycles. The van der Waals surface area contributed by atoms with Gasteiger partial charge in [0.05, 0.1) is 0 Å². The molecule has 0 spiro atoms. The Morgan fingerprint density at radius 1 is 1.48 bits per heavy atom. The van der Waals surface area contributed by atoms with E-state index in [0.717, 1.165) is 32.4 Å². The molecule has 1 aromatic heterocycles. The second-order valence-electron chi connectivity index (χ2n) is 5.25. The van der Waals surface area contributed by atoms with Crippen LogP contribution in [0.5, 0.6) is 0 Å². The van der Waals surface area contributed by atoms with Gasteiger partial charge in [-0.3, -0.25) is 4.79 Å². The summed E-state index contributed by atoms with van der Waals surface area (Å²) >= 11 is 0. The van der Waals surface area contributed by atoms with Crippen LogP contribution in [0, 0.1) is 0 Å². The van der Waals surface area contributed by atoms with Gasteiger partial charge in [-0.1, -0.05) is 6.92 Å². The zero-order valence-corrected chi connectivity index (χ0v) is 12.9. The number of carbonyl (C=O) groups excluding carboxylic acids is 1. The zero-order chi connectivity index (χ0) is 15.5. The molecule has 0 unspecified atom stereocenters. The molecule has 21 heavy (non-hydrogen) atoms. The molecule has 4 N–H and O–H groups in total. The first-order valence-corrected chi connectivity index (χ1v) is 8.71. The summed E-state index contributed by atoms with van der Waals surface area (Å²) in [6.45, 7) is 4.22. The molecule has 0 aliphatic carbocycles. The minimum absolute atomic E-state index is 0.0114. The van der Waals surface area contributed by atoms with E-state index in [1.54, 1.807) is 4.57 Å². The molecule has 0 radical (unpaired) electrons. The Bertz CT molecular complexity index is 603. The Morgan fingerprint density at radius 3 is 2.71 bits per heavy atom. The van der Waals surface area contributed by atoms with E-state index in [0.29, 0.717) is 12.2 Å². The van der Waals surface area contributed by atoms with Gasteiger partial charge in [0.25, 0.3) is 5.91 Å². The second-order valence-corrected chi connectivity index (χ2v) is 6.81. The van der Waals surface area contributed by atoms with Crippen molar-refractivity contribution in [3.05, 3.63) is 18.0 Å². The normalized spacial score (nSPS) is 16.9. The quantitative estimate of drug-likeness (QED) is 0.721. The number of hydrogen-bond acceptors (Lipinski definition) is 4. The Hall–Kier alpha value is -1.38. The molecule has 1 amide bonds. The van der Waals surface area contributed by atoms with Crippen LogP contribution in [0.3, 0.4) is 0 Å². The third-order valence-electron chi connectivity index (χ3n) is 3.62. The third-order valence-corrected chi connectivity index (χ3v) is 4.50. The molecule has 0 atom stereocenters. The van der Waals surface area contributed by atoms with E-state index < -0.39 is 10.0 Å². The average molecular weight is 314 g/mol. The lowest BCUT2D eigenvalue weighted by molar-refractivity contribution is 0.0941. The van der Waals surface area contributed by atoms with E-state index in [2.05, 4.69) is 10.6 Å². The van der Waals surface area contributed by atoms with E-state index in [4.69, 9.17) is 5.14 Å². The lowest BCUT2D eigenvalue weighted by atomic mass is 10.1. The van der Waals surface area contributed by atoms with Crippen molar-refractivity contribution in [1.82, 2.24) is 15.2 Å². The number of nitrogens with one attached hydrogen (secondary N) is 2. The van der Waals surface area contributed by atoms with Crippen LogP contribution >= 0.6 is 0 Å². The van der Waals surface area contributed by atoms with E-state index in [9.17, 15) is 13.2 Å². The molecule has 1 aliphatic rings. The molecule has 1 aromatic rings. The van der Waals surface area contributed by atoms with Crippen LogP contribution < -0.4 is 15.8 Å². The number of piperidine rings is 1. The third kappa shape index (κ3) is 3.84. The molecular weight excluding hydrogens is 292 g/mol. The maximum Gasteiger partial charge on any atom is 0.267 e. The van der Waals surface area contributed by atoms with E-state index in [1.165, 1.54) is 12.3 Å². The highest BCUT2D eigenvalue weighted by Gasteiger charge is 2.24. The van der Waals surface area contributed by atoms with Crippen LogP contribution in [-0.2, 0) is 10.0 Å². The van der Waals surface area contributed by atoms with Gasteiger partial charge in [0.15, 0.2) is 0 Å². The highest BCUT2D eigenvalue weighted by atomic mass is 32.2. The Kier molecular flexibility index (Phi) is 5.02. The van der Waals surface area contributed by atoms with Gasteiger partial charge in [-0.15, -0.1) is 0 Å². The molecule has 2 heterocycles. The summed E-state index contributed by atoms with van der Waals surface area (Å²) in [5.74, 6) is -0.259. The first-order valence-electron chi connectivity index (χ1n) is 7.17. The Morgan fingerprint density at radius 2 is 2.14 bits per heavy atom. The number of hydrogen-bond donors (Lipinski definition) is 3. The van der Waals surface area contributed by atoms with Crippen molar-refractivity contribution < 1.29 is 13.2 Å². The van der Waals surface area contributed by atoms with Gasteiger partial charge in [-0.25, -0.2) is 13.6 Å². The minimum Gasteiger partial charge on any atom is -0.351 e. The van der Waals surface area contributed by atoms with Crippen molar-refractivity contribution in [3.8, 4) is 0 Å². The monoisotopic (exact) mass is 314 g/mol. The predicted molar refractivity (Wildman–Crippen MR) is 79.6 cm³/mol. The van der Waals surface area contributed by atoms with Crippen LogP contribution in [0.4, 0.5) is 0 Å². The first-order chi connectivity index (χ1) is 9.93. The van der Waals surface area contributed by atoms with Crippen LogP contribution in [0.25, 0.3) is 0 Å². The lowest BCUT2D eigenvalue weighted by Gasteiger charge is -2.25. The summed E-state index contributed by atoms with van der Waals surface area (Å²) in [5.41, 5.74) is 0.361. The van der Waals surface area contributed by atoms with E-state index in [-0.39, 0.29) is 16.8 Å². The van der Waals surface area contributed by atoms with Crippen molar-refractivity contribution in [3.63, 3.8) is 0 Å². The van der Waals surface area contributed by atoms with Crippen molar-refractivity contribution >= 4 is 15.9 Å². The van der Waals surface area contributed by atoms with E-state index >= 15 is 0 Å². The van der Waals surface area contributed by atoms with Gasteiger partial charge in [0, 0.05) is 18.8 Å². The van der Waals surface area contributed by atoms with Crippen LogP contribution in [-0.4, -0.2) is 38.5 Å². The fraction of sp³-hybridized carbons (Fsp3) is 0.615. The summed E-state index contributed by atoms with van der Waals surface area (Å²) in [4.78, 5) is 12.2. The number of sulfonamides is 1. The van der Waals surface area contributed by atoms with Crippen molar-refractivity contribution in [1.29, 1.82) is 0 Å². The van der Waals surface area contributed by atoms with Gasteiger partial charge < -0.3 is 15.2 Å². The molecule has 1 saturated heterocycles. The van der Waals surface area contributed by atoms with Crippen LogP contribution in [0.1, 0.15) is 42.7 Å². The molecule has 2 rings (SSSR count). The number of primary sulfonamides is 1. The Balaban J connectivity index is 2.35. The van der Waals surface area contributed by atoms with Gasteiger partial charge in [0.2, 0.25) is 10.0 Å². The number of rotatable bonds is 5. The molecule has 0 saturated carbocycles. The minimum atomic E-state index is -3.81. The maximum atomic E-state index is 12.2. The molecule has 1 fully saturated rings. The molecular formula is C13H22N4O3S. The summed E-state index contributed by atoms with van der Waals surface area (Å²) in [6, 6.07) is 1.48. The number of carbonyl (C=O) groups is 1. The fourth-order valence-electron chi connectivity index (χ4n) is 2.51. The number of aromatic nitrogens is 1. The smallest absolute Gasteiger partial charge is 0.267 e. The second kappa shape index (κ2) is 6.59. The predicted octanol–water partition coefficient (Wildman–Crippen LogP) is 0.200. The highest BCUT2D eigenvalue weighted by Crippen LogP contribution is 2.24. The van der Waals surface area contributed by atoms with Crippen LogP contribution in [0.15, 0.2) is 17.2 Å². The molecule has 7 nitrogen and oxygen atoms in total. The number of nitrogens with two attached hydrogens (primary N) is 1. The van der Waals surface area contributed by atoms with Crippen molar-refractivity contribution in [2.45, 2.75) is 37.1 Å². The Labute approximate surface area is 124 Å². The SMILES string of the molecule is CCCNC(=O)c1cc(S(N)(=O)=O)cn1C1CCNCC1. The number of amides is 1. The summed E-state index contributed by atoms with van der Waals surface area (Å²) < 4.78 is 24.8. The molecule has 0 bridgehead atoms. The maximum absolute atomic E-state index is 12.2. The summed E-state index contributed by atoms with van der Waals surface area (Å²) in [6.07, 6.45) is 4.01.